The minimum Gasteiger partial charge on any atom is -0.298 e. The van der Waals surface area contributed by atoms with Crippen molar-refractivity contribution >= 4 is 6.21 Å². The van der Waals surface area contributed by atoms with Crippen molar-refractivity contribution in [2.45, 2.75) is 27.7 Å². The fourth-order valence-corrected chi connectivity index (χ4v) is 0.615. The van der Waals surface area contributed by atoms with Gasteiger partial charge in [-0.2, -0.15) is 5.10 Å². The Morgan fingerprint density at radius 3 is 2.10 bits per heavy atom. The second kappa shape index (κ2) is 5.27. The first-order valence-electron chi connectivity index (χ1n) is 3.99. The predicted molar refractivity (Wildman–Crippen MR) is 46.3 cm³/mol. The van der Waals surface area contributed by atoms with Crippen LogP contribution in [0.4, 0.5) is 0 Å². The molecule has 0 heterocycles. The smallest absolute Gasteiger partial charge is 0.0331 e. The fraction of sp³-hybridized carbons (Fsp3) is 0.875. The molecular weight excluding hydrogens is 124 g/mol. The van der Waals surface area contributed by atoms with Crippen LogP contribution in [0.15, 0.2) is 5.10 Å². The predicted octanol–water partition coefficient (Wildman–Crippen LogP) is 1.97. The SMILES string of the molecule is CCN(CC)N=CC(C)C. The van der Waals surface area contributed by atoms with Gasteiger partial charge in [0.2, 0.25) is 0 Å². The molecule has 0 atom stereocenters. The molecule has 0 saturated heterocycles. The van der Waals surface area contributed by atoms with Gasteiger partial charge in [0, 0.05) is 19.3 Å². The minimum atomic E-state index is 0.556. The van der Waals surface area contributed by atoms with E-state index in [1.165, 1.54) is 0 Å². The lowest BCUT2D eigenvalue weighted by Crippen LogP contribution is -2.16. The summed E-state index contributed by atoms with van der Waals surface area (Å²) in [5, 5.41) is 6.31. The maximum absolute atomic E-state index is 4.27. The van der Waals surface area contributed by atoms with Crippen molar-refractivity contribution in [1.82, 2.24) is 5.01 Å². The van der Waals surface area contributed by atoms with Gasteiger partial charge < -0.3 is 0 Å². The van der Waals surface area contributed by atoms with Crippen LogP contribution in [0.3, 0.4) is 0 Å². The Hall–Kier alpha value is -0.530. The van der Waals surface area contributed by atoms with Gasteiger partial charge in [-0.05, 0) is 19.8 Å². The van der Waals surface area contributed by atoms with Crippen LogP contribution in [0.1, 0.15) is 27.7 Å². The van der Waals surface area contributed by atoms with Gasteiger partial charge in [0.1, 0.15) is 0 Å². The van der Waals surface area contributed by atoms with Gasteiger partial charge in [-0.25, -0.2) is 0 Å². The molecular formula is C8H18N2. The summed E-state index contributed by atoms with van der Waals surface area (Å²) in [6, 6.07) is 0. The molecule has 0 radical (unpaired) electrons. The highest BCUT2D eigenvalue weighted by Gasteiger charge is 1.90. The van der Waals surface area contributed by atoms with E-state index in [-0.39, 0.29) is 0 Å². The quantitative estimate of drug-likeness (QED) is 0.433. The summed E-state index contributed by atoms with van der Waals surface area (Å²) in [5.41, 5.74) is 0. The molecule has 0 saturated carbocycles. The number of rotatable bonds is 4. The normalized spacial score (nSPS) is 11.3. The third-order valence-corrected chi connectivity index (χ3v) is 1.26. The molecule has 0 aliphatic rings. The average molecular weight is 142 g/mol. The van der Waals surface area contributed by atoms with Gasteiger partial charge in [0.25, 0.3) is 0 Å². The van der Waals surface area contributed by atoms with Crippen LogP contribution in [0, 0.1) is 5.92 Å². The summed E-state index contributed by atoms with van der Waals surface area (Å²) in [6.07, 6.45) is 1.98. The molecule has 0 aromatic rings. The Kier molecular flexibility index (Phi) is 4.99. The summed E-state index contributed by atoms with van der Waals surface area (Å²) in [6.45, 7) is 10.5. The van der Waals surface area contributed by atoms with Crippen molar-refractivity contribution in [3.63, 3.8) is 0 Å². The van der Waals surface area contributed by atoms with E-state index >= 15 is 0 Å². The van der Waals surface area contributed by atoms with Gasteiger partial charge in [0.05, 0.1) is 0 Å². The van der Waals surface area contributed by atoms with E-state index in [1.807, 2.05) is 11.2 Å². The maximum atomic E-state index is 4.27. The lowest BCUT2D eigenvalue weighted by atomic mass is 10.3. The molecule has 0 aliphatic carbocycles. The van der Waals surface area contributed by atoms with Crippen LogP contribution >= 0.6 is 0 Å². The second-order valence-electron chi connectivity index (χ2n) is 2.65. The largest absolute Gasteiger partial charge is 0.298 e. The van der Waals surface area contributed by atoms with E-state index in [9.17, 15) is 0 Å². The highest BCUT2D eigenvalue weighted by atomic mass is 15.4. The van der Waals surface area contributed by atoms with E-state index in [4.69, 9.17) is 0 Å². The van der Waals surface area contributed by atoms with Crippen LogP contribution < -0.4 is 0 Å². The van der Waals surface area contributed by atoms with Crippen molar-refractivity contribution in [3.05, 3.63) is 0 Å². The standard InChI is InChI=1S/C8H18N2/c1-5-10(6-2)9-7-8(3)4/h7-8H,5-6H2,1-4H3. The van der Waals surface area contributed by atoms with E-state index in [1.54, 1.807) is 0 Å². The van der Waals surface area contributed by atoms with E-state index in [0.29, 0.717) is 5.92 Å². The Morgan fingerprint density at radius 1 is 1.30 bits per heavy atom. The summed E-state index contributed by atoms with van der Waals surface area (Å²) >= 11 is 0. The van der Waals surface area contributed by atoms with Crippen molar-refractivity contribution in [1.29, 1.82) is 0 Å². The van der Waals surface area contributed by atoms with Gasteiger partial charge in [-0.15, -0.1) is 0 Å². The lowest BCUT2D eigenvalue weighted by molar-refractivity contribution is 0.321. The Labute approximate surface area is 63.9 Å². The number of hydrogen-bond acceptors (Lipinski definition) is 2. The summed E-state index contributed by atoms with van der Waals surface area (Å²) in [5.74, 6) is 0.556. The molecule has 0 aliphatic heterocycles. The molecule has 0 N–H and O–H groups in total. The first-order valence-corrected chi connectivity index (χ1v) is 3.99. The molecule has 0 amide bonds. The zero-order chi connectivity index (χ0) is 7.98. The first-order chi connectivity index (χ1) is 4.70. The maximum Gasteiger partial charge on any atom is 0.0331 e. The summed E-state index contributed by atoms with van der Waals surface area (Å²) < 4.78 is 0. The Balaban J connectivity index is 3.61. The molecule has 0 aromatic carbocycles. The van der Waals surface area contributed by atoms with Crippen LogP contribution in [-0.2, 0) is 0 Å². The van der Waals surface area contributed by atoms with Crippen LogP contribution in [0.25, 0.3) is 0 Å². The molecule has 0 fully saturated rings. The number of nitrogens with zero attached hydrogens (tertiary/aromatic N) is 2. The van der Waals surface area contributed by atoms with Crippen molar-refractivity contribution in [2.24, 2.45) is 11.0 Å². The van der Waals surface area contributed by atoms with Crippen molar-refractivity contribution in [2.75, 3.05) is 13.1 Å². The molecule has 0 unspecified atom stereocenters. The zero-order valence-corrected chi connectivity index (χ0v) is 7.46. The van der Waals surface area contributed by atoms with Crippen molar-refractivity contribution < 1.29 is 0 Å². The van der Waals surface area contributed by atoms with E-state index in [2.05, 4.69) is 32.8 Å². The highest BCUT2D eigenvalue weighted by molar-refractivity contribution is 5.59. The topological polar surface area (TPSA) is 15.6 Å². The van der Waals surface area contributed by atoms with Gasteiger partial charge in [0.15, 0.2) is 0 Å². The van der Waals surface area contributed by atoms with Crippen molar-refractivity contribution in [3.8, 4) is 0 Å². The van der Waals surface area contributed by atoms with Crippen LogP contribution in [0.5, 0.6) is 0 Å². The second-order valence-corrected chi connectivity index (χ2v) is 2.65. The van der Waals surface area contributed by atoms with Gasteiger partial charge >= 0.3 is 0 Å². The molecule has 0 aromatic heterocycles. The highest BCUT2D eigenvalue weighted by Crippen LogP contribution is 1.90. The Bertz CT molecular complexity index is 93.4. The van der Waals surface area contributed by atoms with Crippen LogP contribution in [0.2, 0.25) is 0 Å². The fourth-order valence-electron chi connectivity index (χ4n) is 0.615. The molecule has 2 nitrogen and oxygen atoms in total. The van der Waals surface area contributed by atoms with Gasteiger partial charge in [-0.3, -0.25) is 5.01 Å². The lowest BCUT2D eigenvalue weighted by Gasteiger charge is -2.13. The van der Waals surface area contributed by atoms with Crippen LogP contribution in [-0.4, -0.2) is 24.3 Å². The summed E-state index contributed by atoms with van der Waals surface area (Å²) in [7, 11) is 0. The average Bonchev–Trinajstić information content (AvgIpc) is 1.90. The third kappa shape index (κ3) is 4.36. The van der Waals surface area contributed by atoms with E-state index < -0.39 is 0 Å². The number of hydrogen-bond donors (Lipinski definition) is 0. The molecule has 2 heteroatoms. The number of hydrazone groups is 1. The first kappa shape index (κ1) is 9.47. The van der Waals surface area contributed by atoms with E-state index in [0.717, 1.165) is 13.1 Å². The zero-order valence-electron chi connectivity index (χ0n) is 7.46. The summed E-state index contributed by atoms with van der Waals surface area (Å²) in [4.78, 5) is 0. The minimum absolute atomic E-state index is 0.556. The monoisotopic (exact) mass is 142 g/mol. The Morgan fingerprint density at radius 2 is 1.80 bits per heavy atom. The molecule has 0 spiro atoms. The molecule has 0 bridgehead atoms. The molecule has 60 valence electrons. The third-order valence-electron chi connectivity index (χ3n) is 1.26. The molecule has 0 rings (SSSR count). The molecule has 10 heavy (non-hydrogen) atoms. The van der Waals surface area contributed by atoms with Gasteiger partial charge in [-0.1, -0.05) is 13.8 Å².